The number of nitrogens with one attached hydrogen (secondary N) is 1. The number of rotatable bonds is 3. The minimum atomic E-state index is -0.879. The number of hydrogen-bond donors (Lipinski definition) is 1. The van der Waals surface area contributed by atoms with Gasteiger partial charge in [0.25, 0.3) is 0 Å². The van der Waals surface area contributed by atoms with Gasteiger partial charge in [0.2, 0.25) is 0 Å². The fourth-order valence-corrected chi connectivity index (χ4v) is 3.98. The van der Waals surface area contributed by atoms with Crippen LogP contribution in [0.15, 0.2) is 16.6 Å². The van der Waals surface area contributed by atoms with E-state index in [0.29, 0.717) is 17.1 Å². The van der Waals surface area contributed by atoms with Crippen LogP contribution >= 0.6 is 27.3 Å². The molecule has 2 aromatic rings. The van der Waals surface area contributed by atoms with Crippen molar-refractivity contribution in [1.29, 1.82) is 0 Å². The van der Waals surface area contributed by atoms with Crippen molar-refractivity contribution in [2.75, 3.05) is 7.05 Å². The van der Waals surface area contributed by atoms with Crippen molar-refractivity contribution < 1.29 is 8.78 Å². The molecule has 2 nitrogen and oxygen atoms in total. The Kier molecular flexibility index (Phi) is 4.80. The van der Waals surface area contributed by atoms with Gasteiger partial charge in [0.15, 0.2) is 11.6 Å². The van der Waals surface area contributed by atoms with Crippen LogP contribution in [0.2, 0.25) is 0 Å². The Morgan fingerprint density at radius 1 is 1.29 bits per heavy atom. The number of hydrogen-bond acceptors (Lipinski definition) is 3. The van der Waals surface area contributed by atoms with Crippen molar-refractivity contribution in [3.8, 4) is 10.6 Å². The van der Waals surface area contributed by atoms with E-state index in [-0.39, 0.29) is 9.89 Å². The first-order valence-electron chi connectivity index (χ1n) is 6.54. The van der Waals surface area contributed by atoms with Crippen molar-refractivity contribution in [3.05, 3.63) is 38.8 Å². The molecule has 1 aromatic carbocycles. The quantitative estimate of drug-likeness (QED) is 0.775. The maximum absolute atomic E-state index is 13.7. The zero-order valence-electron chi connectivity index (χ0n) is 12.4. The van der Waals surface area contributed by atoms with Crippen LogP contribution in [0.3, 0.4) is 0 Å². The summed E-state index contributed by atoms with van der Waals surface area (Å²) in [4.78, 5) is 5.77. The summed E-state index contributed by atoms with van der Waals surface area (Å²) in [5.74, 6) is -1.75. The fraction of sp³-hybridized carbons (Fsp3) is 0.400. The molecule has 0 radical (unpaired) electrons. The van der Waals surface area contributed by atoms with Gasteiger partial charge in [0.05, 0.1) is 10.2 Å². The molecule has 0 fully saturated rings. The lowest BCUT2D eigenvalue weighted by Crippen LogP contribution is -2.16. The molecule has 1 heterocycles. The van der Waals surface area contributed by atoms with Crippen LogP contribution < -0.4 is 5.32 Å². The number of thiazole rings is 1. The van der Waals surface area contributed by atoms with Crippen molar-refractivity contribution >= 4 is 27.3 Å². The molecule has 21 heavy (non-hydrogen) atoms. The summed E-state index contributed by atoms with van der Waals surface area (Å²) in [5.41, 5.74) is 1.45. The van der Waals surface area contributed by atoms with Crippen molar-refractivity contribution in [3.63, 3.8) is 0 Å². The molecular weight excluding hydrogens is 358 g/mol. The zero-order chi connectivity index (χ0) is 15.8. The van der Waals surface area contributed by atoms with Crippen LogP contribution in [0.5, 0.6) is 0 Å². The van der Waals surface area contributed by atoms with E-state index in [1.165, 1.54) is 11.3 Å². The van der Waals surface area contributed by atoms with Gasteiger partial charge < -0.3 is 5.32 Å². The third-order valence-electron chi connectivity index (χ3n) is 3.01. The lowest BCUT2D eigenvalue weighted by Gasteiger charge is -2.17. The molecule has 0 saturated carbocycles. The molecule has 1 aromatic heterocycles. The zero-order valence-corrected chi connectivity index (χ0v) is 14.8. The van der Waals surface area contributed by atoms with Gasteiger partial charge in [-0.05, 0) is 35.1 Å². The average Bonchev–Trinajstić information content (AvgIpc) is 2.80. The fourth-order valence-electron chi connectivity index (χ4n) is 2.02. The molecule has 0 amide bonds. The summed E-state index contributed by atoms with van der Waals surface area (Å²) >= 11 is 4.63. The van der Waals surface area contributed by atoms with Gasteiger partial charge >= 0.3 is 0 Å². The molecule has 0 aliphatic rings. The SMILES string of the molecule is CNCc1sc(-c2ccc(F)c(F)c2Br)nc1C(C)(C)C. The standard InChI is InChI=1S/C15H17BrF2N2S/c1-15(2,3)13-10(7-19-4)21-14(20-13)8-5-6-9(17)12(18)11(8)16/h5-6,19H,7H2,1-4H3. The van der Waals surface area contributed by atoms with Crippen molar-refractivity contribution in [2.45, 2.75) is 32.7 Å². The summed E-state index contributed by atoms with van der Waals surface area (Å²) in [7, 11) is 1.87. The first-order valence-corrected chi connectivity index (χ1v) is 8.15. The van der Waals surface area contributed by atoms with Gasteiger partial charge in [0, 0.05) is 22.4 Å². The highest BCUT2D eigenvalue weighted by Crippen LogP contribution is 2.38. The highest BCUT2D eigenvalue weighted by Gasteiger charge is 2.24. The van der Waals surface area contributed by atoms with Crippen molar-refractivity contribution in [1.82, 2.24) is 10.3 Å². The average molecular weight is 375 g/mol. The third kappa shape index (κ3) is 3.33. The maximum Gasteiger partial charge on any atom is 0.173 e. The first kappa shape index (κ1) is 16.5. The number of halogens is 3. The second kappa shape index (κ2) is 6.10. The molecule has 114 valence electrons. The number of aromatic nitrogens is 1. The summed E-state index contributed by atoms with van der Waals surface area (Å²) in [6, 6.07) is 2.68. The number of nitrogens with zero attached hydrogens (tertiary/aromatic N) is 1. The van der Waals surface area contributed by atoms with E-state index in [0.717, 1.165) is 16.6 Å². The first-order chi connectivity index (χ1) is 9.75. The number of benzene rings is 1. The van der Waals surface area contributed by atoms with E-state index in [1.54, 1.807) is 6.07 Å². The van der Waals surface area contributed by atoms with Gasteiger partial charge in [-0.15, -0.1) is 11.3 Å². The van der Waals surface area contributed by atoms with Crippen LogP contribution in [0.25, 0.3) is 10.6 Å². The molecule has 6 heteroatoms. The molecule has 2 rings (SSSR count). The Bertz CT molecular complexity index is 662. The van der Waals surface area contributed by atoms with E-state index in [9.17, 15) is 8.78 Å². The Labute approximate surface area is 135 Å². The van der Waals surface area contributed by atoms with Crippen LogP contribution in [-0.2, 0) is 12.0 Å². The largest absolute Gasteiger partial charge is 0.315 e. The topological polar surface area (TPSA) is 24.9 Å². The highest BCUT2D eigenvalue weighted by molar-refractivity contribution is 9.10. The van der Waals surface area contributed by atoms with Crippen LogP contribution in [0.4, 0.5) is 8.78 Å². The smallest absolute Gasteiger partial charge is 0.173 e. The maximum atomic E-state index is 13.7. The molecular formula is C15H17BrF2N2S. The predicted molar refractivity (Wildman–Crippen MR) is 86.6 cm³/mol. The van der Waals surface area contributed by atoms with Gasteiger partial charge in [0.1, 0.15) is 5.01 Å². The monoisotopic (exact) mass is 374 g/mol. The normalized spacial score (nSPS) is 12.0. The molecule has 0 bridgehead atoms. The van der Waals surface area contributed by atoms with Crippen LogP contribution in [0.1, 0.15) is 31.3 Å². The molecule has 0 saturated heterocycles. The van der Waals surface area contributed by atoms with Crippen LogP contribution in [0, 0.1) is 11.6 Å². The summed E-state index contributed by atoms with van der Waals surface area (Å²) in [6.07, 6.45) is 0. The second-order valence-corrected chi connectivity index (χ2v) is 7.67. The lowest BCUT2D eigenvalue weighted by molar-refractivity contribution is 0.504. The van der Waals surface area contributed by atoms with E-state index >= 15 is 0 Å². The highest BCUT2D eigenvalue weighted by atomic mass is 79.9. The summed E-state index contributed by atoms with van der Waals surface area (Å²) in [5, 5.41) is 3.81. The minimum Gasteiger partial charge on any atom is -0.315 e. The second-order valence-electron chi connectivity index (χ2n) is 5.79. The van der Waals surface area contributed by atoms with E-state index < -0.39 is 11.6 Å². The Hall–Kier alpha value is -0.850. The third-order valence-corrected chi connectivity index (χ3v) is 4.87. The van der Waals surface area contributed by atoms with Gasteiger partial charge in [-0.3, -0.25) is 0 Å². The predicted octanol–water partition coefficient (Wildman–Crippen LogP) is 4.87. The lowest BCUT2D eigenvalue weighted by atomic mass is 9.91. The van der Waals surface area contributed by atoms with E-state index in [4.69, 9.17) is 0 Å². The van der Waals surface area contributed by atoms with E-state index in [2.05, 4.69) is 47.0 Å². The van der Waals surface area contributed by atoms with Crippen molar-refractivity contribution in [2.24, 2.45) is 0 Å². The molecule has 0 atom stereocenters. The Morgan fingerprint density at radius 2 is 1.95 bits per heavy atom. The molecule has 0 spiro atoms. The molecule has 1 N–H and O–H groups in total. The molecule has 0 aliphatic carbocycles. The Morgan fingerprint density at radius 3 is 2.52 bits per heavy atom. The van der Waals surface area contributed by atoms with Gasteiger partial charge in [-0.2, -0.15) is 0 Å². The van der Waals surface area contributed by atoms with Gasteiger partial charge in [-0.25, -0.2) is 13.8 Å². The van der Waals surface area contributed by atoms with Crippen LogP contribution in [-0.4, -0.2) is 12.0 Å². The van der Waals surface area contributed by atoms with Gasteiger partial charge in [-0.1, -0.05) is 20.8 Å². The molecule has 0 aliphatic heterocycles. The minimum absolute atomic E-state index is 0.105. The van der Waals surface area contributed by atoms with E-state index in [1.807, 2.05) is 7.05 Å². The summed E-state index contributed by atoms with van der Waals surface area (Å²) < 4.78 is 27.1. The Balaban J connectivity index is 2.58. The molecule has 0 unspecified atom stereocenters. The summed E-state index contributed by atoms with van der Waals surface area (Å²) in [6.45, 7) is 6.97.